The Bertz CT molecular complexity index is 913. The van der Waals surface area contributed by atoms with Crippen LogP contribution in [0.1, 0.15) is 12.7 Å². The molecule has 0 saturated heterocycles. The van der Waals surface area contributed by atoms with Gasteiger partial charge in [0.25, 0.3) is 5.91 Å². The molecule has 6 nitrogen and oxygen atoms in total. The molecule has 0 radical (unpaired) electrons. The van der Waals surface area contributed by atoms with Crippen LogP contribution in [-0.4, -0.2) is 30.3 Å². The number of hydrogen-bond acceptors (Lipinski definition) is 5. The van der Waals surface area contributed by atoms with Crippen LogP contribution in [0, 0.1) is 0 Å². The van der Waals surface area contributed by atoms with Crippen molar-refractivity contribution < 1.29 is 23.8 Å². The van der Waals surface area contributed by atoms with Gasteiger partial charge in [-0.05, 0) is 31.2 Å². The van der Waals surface area contributed by atoms with Gasteiger partial charge in [-0.3, -0.25) is 4.79 Å². The number of fused-ring (bicyclic) bond motifs is 2. The molecule has 2 atom stereocenters. The summed E-state index contributed by atoms with van der Waals surface area (Å²) in [6.07, 6.45) is -0.767. The normalized spacial score (nSPS) is 18.3. The largest absolute Gasteiger partial charge is 0.485 e. The lowest BCUT2D eigenvalue weighted by Gasteiger charge is -2.27. The Balaban J connectivity index is 1.42. The Morgan fingerprint density at radius 3 is 2.73 bits per heavy atom. The molecule has 1 aliphatic rings. The number of benzene rings is 2. The van der Waals surface area contributed by atoms with Gasteiger partial charge in [0.2, 0.25) is 6.10 Å². The average molecular weight is 353 g/mol. The zero-order valence-electron chi connectivity index (χ0n) is 14.3. The lowest BCUT2D eigenvalue weighted by molar-refractivity contribution is -0.131. The molecule has 0 bridgehead atoms. The first-order valence-corrected chi connectivity index (χ1v) is 8.40. The Morgan fingerprint density at radius 1 is 1.19 bits per heavy atom. The van der Waals surface area contributed by atoms with E-state index in [1.165, 1.54) is 0 Å². The zero-order valence-corrected chi connectivity index (χ0v) is 14.3. The van der Waals surface area contributed by atoms with Crippen molar-refractivity contribution >= 4 is 16.9 Å². The van der Waals surface area contributed by atoms with Crippen molar-refractivity contribution in [2.45, 2.75) is 18.6 Å². The van der Waals surface area contributed by atoms with Crippen molar-refractivity contribution in [1.82, 2.24) is 5.32 Å². The first kappa shape index (κ1) is 16.5. The summed E-state index contributed by atoms with van der Waals surface area (Å²) >= 11 is 0. The summed E-state index contributed by atoms with van der Waals surface area (Å²) < 4.78 is 16.9. The summed E-state index contributed by atoms with van der Waals surface area (Å²) in [5.74, 6) is 1.19. The highest BCUT2D eigenvalue weighted by atomic mass is 16.6. The van der Waals surface area contributed by atoms with E-state index in [-0.39, 0.29) is 19.1 Å². The van der Waals surface area contributed by atoms with Crippen LogP contribution in [0.4, 0.5) is 0 Å². The number of carbonyl (C=O) groups excluding carboxylic acids is 1. The Kier molecular flexibility index (Phi) is 4.05. The summed E-state index contributed by atoms with van der Waals surface area (Å²) in [6.45, 7) is 1.71. The minimum atomic E-state index is -1.35. The number of carbonyl (C=O) groups is 1. The number of furan rings is 1. The Hall–Kier alpha value is -2.99. The van der Waals surface area contributed by atoms with Crippen LogP contribution in [0.25, 0.3) is 11.0 Å². The van der Waals surface area contributed by atoms with E-state index in [9.17, 15) is 9.90 Å². The van der Waals surface area contributed by atoms with Gasteiger partial charge in [0.05, 0.1) is 6.54 Å². The van der Waals surface area contributed by atoms with Crippen LogP contribution in [0.2, 0.25) is 0 Å². The minimum Gasteiger partial charge on any atom is -0.485 e. The van der Waals surface area contributed by atoms with E-state index >= 15 is 0 Å². The lowest BCUT2D eigenvalue weighted by atomic mass is 10.0. The predicted molar refractivity (Wildman–Crippen MR) is 95.1 cm³/mol. The third-order valence-corrected chi connectivity index (χ3v) is 4.36. The maximum atomic E-state index is 12.4. The van der Waals surface area contributed by atoms with Gasteiger partial charge >= 0.3 is 0 Å². The van der Waals surface area contributed by atoms with Crippen molar-refractivity contribution in [2.24, 2.45) is 0 Å². The standard InChI is InChI=1S/C20H19NO5/c1-20(23,18-10-13-6-2-3-7-14(13)26-18)12-21-19(22)17-11-24-15-8-4-5-9-16(15)25-17/h2-10,17,23H,11-12H2,1H3,(H,21,22)/t17-,20-/m1/s1. The van der Waals surface area contributed by atoms with E-state index in [1.54, 1.807) is 25.1 Å². The van der Waals surface area contributed by atoms with Crippen molar-refractivity contribution in [3.05, 3.63) is 60.4 Å². The first-order chi connectivity index (χ1) is 12.5. The third-order valence-electron chi connectivity index (χ3n) is 4.36. The molecule has 2 N–H and O–H groups in total. The van der Waals surface area contributed by atoms with Crippen molar-refractivity contribution in [1.29, 1.82) is 0 Å². The van der Waals surface area contributed by atoms with Crippen LogP contribution in [0.15, 0.2) is 59.0 Å². The molecule has 26 heavy (non-hydrogen) atoms. The molecule has 134 valence electrons. The molecule has 2 aromatic carbocycles. The topological polar surface area (TPSA) is 80.9 Å². The number of aliphatic hydroxyl groups is 1. The van der Waals surface area contributed by atoms with Crippen molar-refractivity contribution in [3.8, 4) is 11.5 Å². The van der Waals surface area contributed by atoms with Gasteiger partial charge in [-0.25, -0.2) is 0 Å². The summed E-state index contributed by atoms with van der Waals surface area (Å²) in [5, 5.41) is 14.3. The molecule has 0 saturated carbocycles. The Morgan fingerprint density at radius 2 is 1.92 bits per heavy atom. The van der Waals surface area contributed by atoms with Crippen LogP contribution >= 0.6 is 0 Å². The summed E-state index contributed by atoms with van der Waals surface area (Å²) in [7, 11) is 0. The molecule has 0 aliphatic carbocycles. The lowest BCUT2D eigenvalue weighted by Crippen LogP contribution is -2.47. The summed E-state index contributed by atoms with van der Waals surface area (Å²) in [5.41, 5.74) is -0.656. The fourth-order valence-electron chi connectivity index (χ4n) is 2.86. The summed E-state index contributed by atoms with van der Waals surface area (Å²) in [4.78, 5) is 12.4. The number of amides is 1. The maximum absolute atomic E-state index is 12.4. The highest BCUT2D eigenvalue weighted by molar-refractivity contribution is 5.82. The molecule has 4 rings (SSSR count). The van der Waals surface area contributed by atoms with E-state index in [2.05, 4.69) is 5.32 Å². The molecule has 1 aliphatic heterocycles. The third kappa shape index (κ3) is 3.11. The SMILES string of the molecule is C[C@@](O)(CNC(=O)[C@H]1COc2ccccc2O1)c1cc2ccccc2o1. The highest BCUT2D eigenvalue weighted by Gasteiger charge is 2.32. The van der Waals surface area contributed by atoms with E-state index in [4.69, 9.17) is 13.9 Å². The van der Waals surface area contributed by atoms with Gasteiger partial charge in [0.1, 0.15) is 23.6 Å². The molecule has 0 unspecified atom stereocenters. The maximum Gasteiger partial charge on any atom is 0.264 e. The Labute approximate surface area is 150 Å². The number of ether oxygens (including phenoxy) is 2. The van der Waals surface area contributed by atoms with E-state index in [0.29, 0.717) is 22.8 Å². The molecule has 1 aromatic heterocycles. The smallest absolute Gasteiger partial charge is 0.264 e. The fourth-order valence-corrected chi connectivity index (χ4v) is 2.86. The van der Waals surface area contributed by atoms with Crippen LogP contribution < -0.4 is 14.8 Å². The van der Waals surface area contributed by atoms with E-state index in [1.807, 2.05) is 36.4 Å². The fraction of sp³-hybridized carbons (Fsp3) is 0.250. The number of rotatable bonds is 4. The molecule has 3 aromatic rings. The van der Waals surface area contributed by atoms with Crippen molar-refractivity contribution in [3.63, 3.8) is 0 Å². The average Bonchev–Trinajstić information content (AvgIpc) is 3.11. The van der Waals surface area contributed by atoms with Gasteiger partial charge in [0, 0.05) is 5.39 Å². The van der Waals surface area contributed by atoms with Gasteiger partial charge in [-0.1, -0.05) is 30.3 Å². The monoisotopic (exact) mass is 353 g/mol. The number of hydrogen-bond donors (Lipinski definition) is 2. The van der Waals surface area contributed by atoms with Gasteiger partial charge in [-0.15, -0.1) is 0 Å². The quantitative estimate of drug-likeness (QED) is 0.754. The van der Waals surface area contributed by atoms with E-state index in [0.717, 1.165) is 5.39 Å². The van der Waals surface area contributed by atoms with Gasteiger partial charge in [0.15, 0.2) is 11.5 Å². The second-order valence-corrected chi connectivity index (χ2v) is 6.50. The molecule has 2 heterocycles. The second-order valence-electron chi connectivity index (χ2n) is 6.50. The van der Waals surface area contributed by atoms with Gasteiger partial charge in [-0.2, -0.15) is 0 Å². The van der Waals surface area contributed by atoms with Crippen LogP contribution in [0.5, 0.6) is 11.5 Å². The first-order valence-electron chi connectivity index (χ1n) is 8.40. The molecular weight excluding hydrogens is 334 g/mol. The predicted octanol–water partition coefficient (Wildman–Crippen LogP) is 2.60. The molecule has 6 heteroatoms. The molecule has 1 amide bonds. The minimum absolute atomic E-state index is 0.00678. The second kappa shape index (κ2) is 6.38. The van der Waals surface area contributed by atoms with Crippen molar-refractivity contribution in [2.75, 3.05) is 13.2 Å². The van der Waals surface area contributed by atoms with E-state index < -0.39 is 11.7 Å². The molecule has 0 fully saturated rings. The van der Waals surface area contributed by atoms with Crippen LogP contribution in [-0.2, 0) is 10.4 Å². The molecule has 0 spiro atoms. The highest BCUT2D eigenvalue weighted by Crippen LogP contribution is 2.31. The summed E-state index contributed by atoms with van der Waals surface area (Å²) in [6, 6.07) is 16.5. The number of nitrogens with one attached hydrogen (secondary N) is 1. The van der Waals surface area contributed by atoms with Gasteiger partial charge < -0.3 is 24.3 Å². The molecular formula is C20H19NO5. The number of para-hydroxylation sites is 3. The van der Waals surface area contributed by atoms with Crippen LogP contribution in [0.3, 0.4) is 0 Å². The zero-order chi connectivity index (χ0) is 18.1.